The highest BCUT2D eigenvalue weighted by molar-refractivity contribution is 5.66. The number of hydrogen-bond acceptors (Lipinski definition) is 2. The lowest BCUT2D eigenvalue weighted by atomic mass is 9.37. The monoisotopic (exact) mass is 454 g/mol. The number of hydrogen-bond donors (Lipinski definition) is 0. The van der Waals surface area contributed by atoms with Crippen molar-refractivity contribution >= 4 is 5.97 Å². The smallest absolute Gasteiger partial charge is 0.302 e. The molecule has 2 heteroatoms. The lowest BCUT2D eigenvalue weighted by Gasteiger charge is -2.68. The standard InChI is InChI=1S/C31H50O2/c1-20(32)33-26-13-16-31(8)24(28(26,4)5)12-15-30(7)22-11-14-29(6)18-17-27(2,3)19-23(29)21(22)9-10-25(30)31/h11,21,23-26H,9-10,12-19H2,1-8H3. The van der Waals surface area contributed by atoms with Gasteiger partial charge in [0, 0.05) is 12.3 Å². The van der Waals surface area contributed by atoms with Crippen LogP contribution >= 0.6 is 0 Å². The molecule has 0 radical (unpaired) electrons. The van der Waals surface area contributed by atoms with Crippen molar-refractivity contribution in [3.8, 4) is 0 Å². The van der Waals surface area contributed by atoms with E-state index in [1.807, 2.05) is 5.57 Å². The molecule has 0 amide bonds. The Morgan fingerprint density at radius 2 is 1.61 bits per heavy atom. The van der Waals surface area contributed by atoms with Gasteiger partial charge in [-0.1, -0.05) is 60.1 Å². The maximum atomic E-state index is 11.8. The van der Waals surface area contributed by atoms with Crippen molar-refractivity contribution in [3.05, 3.63) is 11.6 Å². The van der Waals surface area contributed by atoms with Gasteiger partial charge in [-0.15, -0.1) is 0 Å². The minimum absolute atomic E-state index is 0.0593. The largest absolute Gasteiger partial charge is 0.462 e. The SMILES string of the molecule is CC(=O)OC1CCC2(C)C3CCC4C(=CCC5(C)CCC(C)(C)CC45)C3(C)CCC2C1(C)C. The van der Waals surface area contributed by atoms with Gasteiger partial charge < -0.3 is 4.74 Å². The molecule has 33 heavy (non-hydrogen) atoms. The summed E-state index contributed by atoms with van der Waals surface area (Å²) in [5.74, 6) is 2.99. The molecule has 5 aliphatic rings. The number of carbonyl (C=O) groups excluding carboxylic acids is 1. The number of carbonyl (C=O) groups is 1. The zero-order chi connectivity index (χ0) is 24.0. The van der Waals surface area contributed by atoms with Gasteiger partial charge in [-0.05, 0) is 110 Å². The van der Waals surface area contributed by atoms with Crippen LogP contribution < -0.4 is 0 Å². The van der Waals surface area contributed by atoms with E-state index in [0.29, 0.717) is 27.6 Å². The molecule has 0 aromatic carbocycles. The fourth-order valence-corrected chi connectivity index (χ4v) is 10.6. The molecule has 186 valence electrons. The fourth-order valence-electron chi connectivity index (χ4n) is 10.6. The molecule has 0 aromatic rings. The molecule has 2 nitrogen and oxygen atoms in total. The van der Waals surface area contributed by atoms with Crippen LogP contribution in [-0.2, 0) is 9.53 Å². The van der Waals surface area contributed by atoms with Crippen LogP contribution in [0, 0.1) is 50.7 Å². The molecular weight excluding hydrogens is 404 g/mol. The van der Waals surface area contributed by atoms with E-state index in [-0.39, 0.29) is 17.5 Å². The summed E-state index contributed by atoms with van der Waals surface area (Å²) in [6, 6.07) is 0. The number of fused-ring (bicyclic) bond motifs is 7. The maximum absolute atomic E-state index is 11.8. The van der Waals surface area contributed by atoms with E-state index in [1.54, 1.807) is 6.92 Å². The Bertz CT molecular complexity index is 851. The summed E-state index contributed by atoms with van der Waals surface area (Å²) in [6.07, 6.45) is 16.0. The van der Waals surface area contributed by atoms with Crippen molar-refractivity contribution in [1.82, 2.24) is 0 Å². The summed E-state index contributed by atoms with van der Waals surface area (Å²) >= 11 is 0. The van der Waals surface area contributed by atoms with Gasteiger partial charge in [0.15, 0.2) is 0 Å². The lowest BCUT2D eigenvalue weighted by molar-refractivity contribution is -0.194. The van der Waals surface area contributed by atoms with Gasteiger partial charge in [0.2, 0.25) is 0 Å². The van der Waals surface area contributed by atoms with E-state index in [4.69, 9.17) is 4.74 Å². The predicted molar refractivity (Wildman–Crippen MR) is 136 cm³/mol. The molecule has 5 rings (SSSR count). The van der Waals surface area contributed by atoms with Gasteiger partial charge in [0.25, 0.3) is 0 Å². The van der Waals surface area contributed by atoms with Crippen LogP contribution in [0.3, 0.4) is 0 Å². The van der Waals surface area contributed by atoms with Crippen LogP contribution in [0.25, 0.3) is 0 Å². The molecule has 8 unspecified atom stereocenters. The second kappa shape index (κ2) is 7.36. The molecule has 0 aliphatic heterocycles. The van der Waals surface area contributed by atoms with Crippen LogP contribution in [0.2, 0.25) is 0 Å². The van der Waals surface area contributed by atoms with Crippen molar-refractivity contribution in [2.45, 2.75) is 126 Å². The van der Waals surface area contributed by atoms with Crippen molar-refractivity contribution in [2.75, 3.05) is 0 Å². The third-order valence-electron chi connectivity index (χ3n) is 12.4. The first-order valence-electron chi connectivity index (χ1n) is 14.1. The van der Waals surface area contributed by atoms with Crippen molar-refractivity contribution in [3.63, 3.8) is 0 Å². The molecule has 4 saturated carbocycles. The quantitative estimate of drug-likeness (QED) is 0.294. The Morgan fingerprint density at radius 1 is 0.879 bits per heavy atom. The van der Waals surface area contributed by atoms with E-state index < -0.39 is 0 Å². The average molecular weight is 455 g/mol. The molecule has 0 spiro atoms. The Hall–Kier alpha value is -0.790. The van der Waals surface area contributed by atoms with Gasteiger partial charge >= 0.3 is 5.97 Å². The third-order valence-corrected chi connectivity index (χ3v) is 12.4. The Balaban J connectivity index is 1.47. The number of esters is 1. The highest BCUT2D eigenvalue weighted by Crippen LogP contribution is 2.72. The molecule has 0 bridgehead atoms. The summed E-state index contributed by atoms with van der Waals surface area (Å²) in [5, 5.41) is 0. The fraction of sp³-hybridized carbons (Fsp3) is 0.903. The van der Waals surface area contributed by atoms with E-state index in [2.05, 4.69) is 54.5 Å². The number of allylic oxidation sites excluding steroid dienone is 2. The summed E-state index contributed by atoms with van der Waals surface area (Å²) in [5.41, 5.74) is 3.68. The Labute approximate surface area is 203 Å². The second-order valence-corrected chi connectivity index (χ2v) is 15.2. The minimum atomic E-state index is -0.108. The first kappa shape index (κ1) is 23.9. The van der Waals surface area contributed by atoms with E-state index >= 15 is 0 Å². The van der Waals surface area contributed by atoms with Crippen molar-refractivity contribution in [2.24, 2.45) is 50.7 Å². The Kier molecular flexibility index (Phi) is 5.34. The lowest BCUT2D eigenvalue weighted by Crippen LogP contribution is -2.61. The number of rotatable bonds is 1. The van der Waals surface area contributed by atoms with Crippen molar-refractivity contribution in [1.29, 1.82) is 0 Å². The van der Waals surface area contributed by atoms with Gasteiger partial charge in [0.05, 0.1) is 0 Å². The van der Waals surface area contributed by atoms with E-state index in [1.165, 1.54) is 57.8 Å². The highest BCUT2D eigenvalue weighted by Gasteiger charge is 2.64. The van der Waals surface area contributed by atoms with Crippen LogP contribution in [0.4, 0.5) is 0 Å². The topological polar surface area (TPSA) is 26.3 Å². The second-order valence-electron chi connectivity index (χ2n) is 15.2. The van der Waals surface area contributed by atoms with Gasteiger partial charge in [0.1, 0.15) is 6.10 Å². The minimum Gasteiger partial charge on any atom is -0.462 e. The average Bonchev–Trinajstić information content (AvgIpc) is 2.70. The first-order valence-corrected chi connectivity index (χ1v) is 14.1. The zero-order valence-electron chi connectivity index (χ0n) is 22.9. The van der Waals surface area contributed by atoms with Crippen LogP contribution in [0.15, 0.2) is 11.6 Å². The molecule has 5 aliphatic carbocycles. The first-order chi connectivity index (χ1) is 15.2. The third kappa shape index (κ3) is 3.42. The molecule has 0 N–H and O–H groups in total. The maximum Gasteiger partial charge on any atom is 0.302 e. The van der Waals surface area contributed by atoms with Gasteiger partial charge in [-0.3, -0.25) is 4.79 Å². The summed E-state index contributed by atoms with van der Waals surface area (Å²) in [7, 11) is 0. The molecule has 0 heterocycles. The molecular formula is C31H50O2. The normalized spacial score (nSPS) is 50.1. The molecule has 0 aromatic heterocycles. The summed E-state index contributed by atoms with van der Waals surface area (Å²) in [4.78, 5) is 11.8. The number of ether oxygens (including phenoxy) is 1. The summed E-state index contributed by atoms with van der Waals surface area (Å²) < 4.78 is 5.89. The van der Waals surface area contributed by atoms with Crippen LogP contribution in [0.5, 0.6) is 0 Å². The van der Waals surface area contributed by atoms with Gasteiger partial charge in [-0.25, -0.2) is 0 Å². The van der Waals surface area contributed by atoms with Crippen LogP contribution in [-0.4, -0.2) is 12.1 Å². The highest BCUT2D eigenvalue weighted by atomic mass is 16.5. The molecule has 4 fully saturated rings. The van der Waals surface area contributed by atoms with Crippen molar-refractivity contribution < 1.29 is 9.53 Å². The van der Waals surface area contributed by atoms with E-state index in [0.717, 1.165) is 24.2 Å². The molecule has 8 atom stereocenters. The Morgan fingerprint density at radius 3 is 2.30 bits per heavy atom. The van der Waals surface area contributed by atoms with E-state index in [9.17, 15) is 4.79 Å². The van der Waals surface area contributed by atoms with Crippen LogP contribution in [0.1, 0.15) is 120 Å². The zero-order valence-corrected chi connectivity index (χ0v) is 22.9. The van der Waals surface area contributed by atoms with Gasteiger partial charge in [-0.2, -0.15) is 0 Å². The summed E-state index contributed by atoms with van der Waals surface area (Å²) in [6.45, 7) is 19.3. The predicted octanol–water partition coefficient (Wildman–Crippen LogP) is 8.35. The molecule has 0 saturated heterocycles.